The average molecular weight is 218 g/mol. The number of rotatable bonds is 1. The molecule has 84 valence electrons. The van der Waals surface area contributed by atoms with Crippen molar-refractivity contribution in [2.24, 2.45) is 7.05 Å². The molecule has 0 unspecified atom stereocenters. The normalized spacial score (nSPS) is 11.2. The van der Waals surface area contributed by atoms with Crippen LogP contribution in [0.25, 0.3) is 10.9 Å². The van der Waals surface area contributed by atoms with Crippen molar-refractivity contribution in [3.05, 3.63) is 45.1 Å². The molecule has 2 rings (SSSR count). The van der Waals surface area contributed by atoms with Crippen LogP contribution in [0.4, 0.5) is 0 Å². The lowest BCUT2D eigenvalue weighted by atomic mass is 10.2. The Morgan fingerprint density at radius 1 is 1.12 bits per heavy atom. The van der Waals surface area contributed by atoms with Crippen LogP contribution in [-0.4, -0.2) is 9.13 Å². The van der Waals surface area contributed by atoms with Crippen molar-refractivity contribution in [2.45, 2.75) is 19.9 Å². The van der Waals surface area contributed by atoms with Gasteiger partial charge in [-0.05, 0) is 26.0 Å². The van der Waals surface area contributed by atoms with E-state index >= 15 is 0 Å². The molecule has 0 saturated carbocycles. The summed E-state index contributed by atoms with van der Waals surface area (Å²) in [6, 6.07) is 7.02. The minimum absolute atomic E-state index is 0.129. The third-order valence-electron chi connectivity index (χ3n) is 2.72. The van der Waals surface area contributed by atoms with Crippen molar-refractivity contribution >= 4 is 10.9 Å². The van der Waals surface area contributed by atoms with Gasteiger partial charge in [-0.2, -0.15) is 0 Å². The molecule has 0 atom stereocenters. The summed E-state index contributed by atoms with van der Waals surface area (Å²) >= 11 is 0. The zero-order chi connectivity index (χ0) is 11.9. The molecule has 0 fully saturated rings. The summed E-state index contributed by atoms with van der Waals surface area (Å²) in [5.74, 6) is 0. The van der Waals surface area contributed by atoms with Gasteiger partial charge < -0.3 is 0 Å². The standard InChI is InChI=1S/C12H14N2O2/c1-8(2)14-11(15)9-6-4-5-7-10(9)13(3)12(14)16/h4-8H,1-3H3. The number of para-hydroxylation sites is 1. The molecule has 4 heteroatoms. The van der Waals surface area contributed by atoms with Crippen LogP contribution in [0.3, 0.4) is 0 Å². The predicted molar refractivity (Wildman–Crippen MR) is 63.8 cm³/mol. The fourth-order valence-corrected chi connectivity index (χ4v) is 1.88. The molecule has 1 aromatic carbocycles. The minimum Gasteiger partial charge on any atom is -0.296 e. The number of aromatic nitrogens is 2. The summed E-state index contributed by atoms with van der Waals surface area (Å²) < 4.78 is 2.79. The van der Waals surface area contributed by atoms with Gasteiger partial charge in [-0.3, -0.25) is 13.9 Å². The van der Waals surface area contributed by atoms with Gasteiger partial charge in [0.05, 0.1) is 10.9 Å². The quantitative estimate of drug-likeness (QED) is 0.723. The number of fused-ring (bicyclic) bond motifs is 1. The molecular weight excluding hydrogens is 204 g/mol. The third-order valence-corrected chi connectivity index (χ3v) is 2.72. The van der Waals surface area contributed by atoms with E-state index in [1.165, 1.54) is 9.13 Å². The SMILES string of the molecule is CC(C)n1c(=O)c2ccccc2n(C)c1=O. The molecule has 1 heterocycles. The first kappa shape index (κ1) is 10.7. The molecule has 0 saturated heterocycles. The fourth-order valence-electron chi connectivity index (χ4n) is 1.88. The molecule has 0 amide bonds. The summed E-state index contributed by atoms with van der Waals surface area (Å²) in [5, 5.41) is 0.582. The number of benzene rings is 1. The predicted octanol–water partition coefficient (Wildman–Crippen LogP) is 1.28. The van der Waals surface area contributed by atoms with E-state index in [2.05, 4.69) is 0 Å². The zero-order valence-electron chi connectivity index (χ0n) is 9.60. The van der Waals surface area contributed by atoms with Crippen LogP contribution in [0, 0.1) is 0 Å². The summed E-state index contributed by atoms with van der Waals surface area (Å²) in [4.78, 5) is 24.1. The van der Waals surface area contributed by atoms with E-state index in [1.807, 2.05) is 19.9 Å². The second-order valence-corrected chi connectivity index (χ2v) is 4.13. The summed E-state index contributed by atoms with van der Waals surface area (Å²) in [6.45, 7) is 3.66. The lowest BCUT2D eigenvalue weighted by Gasteiger charge is -2.12. The largest absolute Gasteiger partial charge is 0.331 e. The van der Waals surface area contributed by atoms with Gasteiger partial charge >= 0.3 is 5.69 Å². The highest BCUT2D eigenvalue weighted by Crippen LogP contribution is 2.07. The molecule has 0 aliphatic rings. The summed E-state index contributed by atoms with van der Waals surface area (Å²) in [7, 11) is 1.68. The number of hydrogen-bond acceptors (Lipinski definition) is 2. The maximum absolute atomic E-state index is 12.1. The number of nitrogens with zero attached hydrogens (tertiary/aromatic N) is 2. The molecular formula is C12H14N2O2. The van der Waals surface area contributed by atoms with Crippen molar-refractivity contribution in [1.82, 2.24) is 9.13 Å². The van der Waals surface area contributed by atoms with Crippen molar-refractivity contribution in [3.63, 3.8) is 0 Å². The molecule has 0 spiro atoms. The highest BCUT2D eigenvalue weighted by Gasteiger charge is 2.11. The smallest absolute Gasteiger partial charge is 0.296 e. The van der Waals surface area contributed by atoms with Crippen molar-refractivity contribution < 1.29 is 0 Å². The van der Waals surface area contributed by atoms with Crippen LogP contribution in [-0.2, 0) is 7.05 Å². The van der Waals surface area contributed by atoms with Gasteiger partial charge in [0.15, 0.2) is 0 Å². The second kappa shape index (κ2) is 3.63. The Morgan fingerprint density at radius 2 is 1.75 bits per heavy atom. The van der Waals surface area contributed by atoms with E-state index in [9.17, 15) is 9.59 Å². The van der Waals surface area contributed by atoms with E-state index in [1.54, 1.807) is 25.2 Å². The summed E-state index contributed by atoms with van der Waals surface area (Å²) in [5.41, 5.74) is 0.196. The van der Waals surface area contributed by atoms with Crippen LogP contribution < -0.4 is 11.2 Å². The Hall–Kier alpha value is -1.84. The lowest BCUT2D eigenvalue weighted by Crippen LogP contribution is -2.40. The van der Waals surface area contributed by atoms with Crippen molar-refractivity contribution in [3.8, 4) is 0 Å². The van der Waals surface area contributed by atoms with Crippen LogP contribution in [0.15, 0.2) is 33.9 Å². The first-order valence-corrected chi connectivity index (χ1v) is 5.24. The summed E-state index contributed by atoms with van der Waals surface area (Å²) in [6.07, 6.45) is 0. The monoisotopic (exact) mass is 218 g/mol. The number of aryl methyl sites for hydroxylation is 1. The Bertz CT molecular complexity index is 650. The minimum atomic E-state index is -0.265. The van der Waals surface area contributed by atoms with Gasteiger partial charge in [-0.15, -0.1) is 0 Å². The maximum atomic E-state index is 12.1. The van der Waals surface area contributed by atoms with E-state index in [0.29, 0.717) is 10.9 Å². The van der Waals surface area contributed by atoms with Gasteiger partial charge in [0.25, 0.3) is 5.56 Å². The van der Waals surface area contributed by atoms with Gasteiger partial charge in [0.2, 0.25) is 0 Å². The molecule has 0 aliphatic heterocycles. The average Bonchev–Trinajstić information content (AvgIpc) is 2.26. The topological polar surface area (TPSA) is 44.0 Å². The van der Waals surface area contributed by atoms with Crippen molar-refractivity contribution in [2.75, 3.05) is 0 Å². The Balaban J connectivity index is 3.07. The Kier molecular flexibility index (Phi) is 2.42. The van der Waals surface area contributed by atoms with Crippen LogP contribution in [0.5, 0.6) is 0 Å². The van der Waals surface area contributed by atoms with Crippen LogP contribution in [0.1, 0.15) is 19.9 Å². The van der Waals surface area contributed by atoms with E-state index < -0.39 is 0 Å². The van der Waals surface area contributed by atoms with Gasteiger partial charge in [-0.1, -0.05) is 12.1 Å². The molecule has 16 heavy (non-hydrogen) atoms. The Morgan fingerprint density at radius 3 is 2.38 bits per heavy atom. The molecule has 4 nitrogen and oxygen atoms in total. The first-order chi connectivity index (χ1) is 7.54. The van der Waals surface area contributed by atoms with E-state index in [4.69, 9.17) is 0 Å². The van der Waals surface area contributed by atoms with E-state index in [-0.39, 0.29) is 17.3 Å². The second-order valence-electron chi connectivity index (χ2n) is 4.13. The van der Waals surface area contributed by atoms with E-state index in [0.717, 1.165) is 0 Å². The Labute approximate surface area is 92.8 Å². The molecule has 0 aliphatic carbocycles. The molecule has 0 radical (unpaired) electrons. The third kappa shape index (κ3) is 1.38. The van der Waals surface area contributed by atoms with Gasteiger partial charge in [0, 0.05) is 13.1 Å². The lowest BCUT2D eigenvalue weighted by molar-refractivity contribution is 0.532. The van der Waals surface area contributed by atoms with Gasteiger partial charge in [-0.25, -0.2) is 4.79 Å². The maximum Gasteiger partial charge on any atom is 0.331 e. The van der Waals surface area contributed by atoms with Crippen molar-refractivity contribution in [1.29, 1.82) is 0 Å². The zero-order valence-corrected chi connectivity index (χ0v) is 9.60. The fraction of sp³-hybridized carbons (Fsp3) is 0.333. The molecule has 1 aromatic heterocycles. The molecule has 0 bridgehead atoms. The van der Waals surface area contributed by atoms with Crippen LogP contribution in [0.2, 0.25) is 0 Å². The number of hydrogen-bond donors (Lipinski definition) is 0. The molecule has 2 aromatic rings. The molecule has 0 N–H and O–H groups in total. The van der Waals surface area contributed by atoms with Crippen LogP contribution >= 0.6 is 0 Å². The highest BCUT2D eigenvalue weighted by atomic mass is 16.2. The first-order valence-electron chi connectivity index (χ1n) is 5.24. The van der Waals surface area contributed by atoms with Gasteiger partial charge in [0.1, 0.15) is 0 Å². The highest BCUT2D eigenvalue weighted by molar-refractivity contribution is 5.77.